The summed E-state index contributed by atoms with van der Waals surface area (Å²) in [7, 11) is 3.18. The molecule has 0 bridgehead atoms. The van der Waals surface area contributed by atoms with Crippen LogP contribution in [0.3, 0.4) is 0 Å². The molecule has 2 aromatic carbocycles. The van der Waals surface area contributed by atoms with Crippen LogP contribution >= 0.6 is 0 Å². The van der Waals surface area contributed by atoms with Gasteiger partial charge in [0.15, 0.2) is 0 Å². The third kappa shape index (κ3) is 8.31. The largest absolute Gasteiger partial charge is 0.497 e. The van der Waals surface area contributed by atoms with E-state index >= 15 is 0 Å². The minimum absolute atomic E-state index is 0.0428. The number of nitrogens with zero attached hydrogens (tertiary/aromatic N) is 4. The average molecular weight is 729 g/mol. The summed E-state index contributed by atoms with van der Waals surface area (Å²) < 4.78 is 16.4. The smallest absolute Gasteiger partial charge is 0.408 e. The Bertz CT molecular complexity index is 1870. The number of allylic oxidation sites excluding steroid dienone is 1. The number of aliphatic carboxylic acids is 1. The number of alkyl carbamates (subject to hydrolysis) is 1. The lowest BCUT2D eigenvalue weighted by atomic mass is 10.0. The Balaban J connectivity index is 1.38. The third-order valence-corrected chi connectivity index (χ3v) is 9.99. The molecule has 2 fully saturated rings. The molecule has 6 rings (SSSR count). The van der Waals surface area contributed by atoms with Gasteiger partial charge in [0.1, 0.15) is 46.1 Å². The highest BCUT2D eigenvalue weighted by Gasteiger charge is 2.61. The van der Waals surface area contributed by atoms with Crippen molar-refractivity contribution in [2.45, 2.75) is 95.0 Å². The van der Waals surface area contributed by atoms with Gasteiger partial charge in [0, 0.05) is 30.0 Å². The Hall–Kier alpha value is -5.40. The summed E-state index contributed by atoms with van der Waals surface area (Å²) in [6, 6.07) is 12.3. The van der Waals surface area contributed by atoms with Crippen molar-refractivity contribution in [1.82, 2.24) is 30.5 Å². The monoisotopic (exact) mass is 728 g/mol. The molecule has 3 aromatic rings. The van der Waals surface area contributed by atoms with E-state index in [0.29, 0.717) is 35.7 Å². The molecule has 3 heterocycles. The van der Waals surface area contributed by atoms with Crippen molar-refractivity contribution < 1.29 is 38.5 Å². The van der Waals surface area contributed by atoms with Gasteiger partial charge in [0.25, 0.3) is 0 Å². The Morgan fingerprint density at radius 2 is 1.68 bits per heavy atom. The fraction of sp³-hybridized carbons (Fsp3) is 0.487. The Morgan fingerprint density at radius 1 is 0.962 bits per heavy atom. The number of nitrogens with one attached hydrogen (secondary N) is 2. The van der Waals surface area contributed by atoms with Crippen LogP contribution in [-0.4, -0.2) is 92.9 Å². The number of ether oxygens (including phenoxy) is 3. The number of carbonyl (C=O) groups is 4. The van der Waals surface area contributed by atoms with Gasteiger partial charge in [-0.25, -0.2) is 9.59 Å². The molecular formula is C39H48N6O8. The summed E-state index contributed by atoms with van der Waals surface area (Å²) in [5, 5.41) is 25.7. The second-order valence-corrected chi connectivity index (χ2v) is 14.9. The number of hydrogen-bond acceptors (Lipinski definition) is 9. The van der Waals surface area contributed by atoms with Crippen LogP contribution in [0, 0.1) is 5.92 Å². The highest BCUT2D eigenvalue weighted by atomic mass is 16.6. The van der Waals surface area contributed by atoms with Crippen molar-refractivity contribution >= 4 is 23.9 Å². The minimum atomic E-state index is -1.46. The maximum atomic E-state index is 14.5. The van der Waals surface area contributed by atoms with E-state index in [1.54, 1.807) is 35.0 Å². The number of amides is 3. The molecule has 282 valence electrons. The molecule has 3 N–H and O–H groups in total. The number of benzene rings is 2. The molecule has 1 saturated carbocycles. The third-order valence-electron chi connectivity index (χ3n) is 9.99. The lowest BCUT2D eigenvalue weighted by Gasteiger charge is -2.30. The Labute approximate surface area is 308 Å². The molecule has 1 aliphatic carbocycles. The number of carboxylic acids is 1. The number of rotatable bonds is 7. The number of methoxy groups -OCH3 is 2. The van der Waals surface area contributed by atoms with E-state index in [2.05, 4.69) is 10.6 Å². The number of aromatic nitrogens is 3. The number of hydrogen-bond donors (Lipinski definition) is 3. The number of fused-ring (bicyclic) bond motifs is 2. The fourth-order valence-corrected chi connectivity index (χ4v) is 7.09. The first-order chi connectivity index (χ1) is 25.3. The predicted molar refractivity (Wildman–Crippen MR) is 195 cm³/mol. The van der Waals surface area contributed by atoms with Crippen molar-refractivity contribution in [3.05, 3.63) is 60.7 Å². The van der Waals surface area contributed by atoms with Gasteiger partial charge < -0.3 is 34.9 Å². The maximum absolute atomic E-state index is 14.5. The summed E-state index contributed by atoms with van der Waals surface area (Å²) in [4.78, 5) is 57.2. The Morgan fingerprint density at radius 3 is 2.36 bits per heavy atom. The van der Waals surface area contributed by atoms with Gasteiger partial charge in [-0.1, -0.05) is 37.1 Å². The molecule has 1 saturated heterocycles. The van der Waals surface area contributed by atoms with E-state index in [1.165, 1.54) is 9.70 Å². The van der Waals surface area contributed by atoms with E-state index in [1.807, 2.05) is 60.7 Å². The van der Waals surface area contributed by atoms with Crippen LogP contribution in [-0.2, 0) is 19.1 Å². The van der Waals surface area contributed by atoms with Crippen LogP contribution in [0.1, 0.15) is 71.8 Å². The zero-order valence-corrected chi connectivity index (χ0v) is 30.8. The van der Waals surface area contributed by atoms with Gasteiger partial charge in [-0.05, 0) is 82.9 Å². The normalized spacial score (nSPS) is 25.5. The summed E-state index contributed by atoms with van der Waals surface area (Å²) in [5.74, 6) is -1.21. The highest BCUT2D eigenvalue weighted by Crippen LogP contribution is 2.46. The maximum Gasteiger partial charge on any atom is 0.408 e. The van der Waals surface area contributed by atoms with E-state index in [-0.39, 0.29) is 25.3 Å². The topological polar surface area (TPSA) is 174 Å². The summed E-state index contributed by atoms with van der Waals surface area (Å²) in [6.07, 6.45) is 6.80. The van der Waals surface area contributed by atoms with Crippen molar-refractivity contribution in [1.29, 1.82) is 0 Å². The zero-order chi connectivity index (χ0) is 37.9. The molecule has 0 spiro atoms. The zero-order valence-electron chi connectivity index (χ0n) is 30.8. The summed E-state index contributed by atoms with van der Waals surface area (Å²) in [5.41, 5.74) is 0.412. The summed E-state index contributed by atoms with van der Waals surface area (Å²) in [6.45, 7) is 5.26. The fourth-order valence-electron chi connectivity index (χ4n) is 7.09. The lowest BCUT2D eigenvalue weighted by Crippen LogP contribution is -2.56. The number of carboxylic acid groups (broad SMARTS) is 1. The molecule has 3 amide bonds. The molecule has 5 atom stereocenters. The van der Waals surface area contributed by atoms with Crippen molar-refractivity contribution in [3.8, 4) is 34.0 Å². The molecule has 3 aliphatic rings. The standard InChI is InChI=1S/C39H48N6O8/c1-38(2,3)53-37(50)40-30-15-10-8-6-7-9-13-26-22-39(26,36(48)49)41-34(46)31-21-27(23-44(31)35(30)47)45-42-32(24-16-18-28(51-4)19-17-24)33(43-45)25-12-11-14-29(20-25)52-5/h9,11-14,16-20,26-27,30-31H,6-8,10,15,21-23H2,1-5H3,(H,40,50)(H,41,46)(H,48,49)/b13-9-/t26-,27-,30-,31+,39+/m1/s1. The van der Waals surface area contributed by atoms with Gasteiger partial charge >= 0.3 is 12.1 Å². The van der Waals surface area contributed by atoms with E-state index in [0.717, 1.165) is 30.4 Å². The van der Waals surface area contributed by atoms with Crippen molar-refractivity contribution in [3.63, 3.8) is 0 Å². The van der Waals surface area contributed by atoms with Gasteiger partial charge in [-0.2, -0.15) is 15.0 Å². The molecule has 2 aliphatic heterocycles. The van der Waals surface area contributed by atoms with Crippen LogP contribution in [0.5, 0.6) is 11.5 Å². The van der Waals surface area contributed by atoms with E-state index in [4.69, 9.17) is 24.4 Å². The SMILES string of the molecule is COc1ccc(-c2nn([C@@H]3C[C@H]4C(=O)N[C@@]5(C(=O)O)C[C@H]5/C=C\CCCCC[C@@H](NC(=O)OC(C)(C)C)C(=O)N4C3)nc2-c2cccc(OC)c2)cc1. The molecule has 14 nitrogen and oxygen atoms in total. The highest BCUT2D eigenvalue weighted by molar-refractivity contribution is 5.96. The van der Waals surface area contributed by atoms with Crippen LogP contribution in [0.25, 0.3) is 22.5 Å². The van der Waals surface area contributed by atoms with E-state index < -0.39 is 53.1 Å². The molecule has 53 heavy (non-hydrogen) atoms. The van der Waals surface area contributed by atoms with Crippen molar-refractivity contribution in [2.75, 3.05) is 20.8 Å². The molecule has 14 heteroatoms. The quantitative estimate of drug-likeness (QED) is 0.276. The van der Waals surface area contributed by atoms with Gasteiger partial charge in [-0.3, -0.25) is 9.59 Å². The van der Waals surface area contributed by atoms with Gasteiger partial charge in [-0.15, -0.1) is 0 Å². The van der Waals surface area contributed by atoms with Crippen LogP contribution in [0.4, 0.5) is 4.79 Å². The first-order valence-electron chi connectivity index (χ1n) is 18.1. The first kappa shape index (κ1) is 37.4. The molecule has 0 unspecified atom stereocenters. The average Bonchev–Trinajstić information content (AvgIpc) is 3.43. The number of carbonyl (C=O) groups excluding carboxylic acids is 3. The van der Waals surface area contributed by atoms with Gasteiger partial charge in [0.05, 0.1) is 20.3 Å². The van der Waals surface area contributed by atoms with Gasteiger partial charge in [0.2, 0.25) is 11.8 Å². The van der Waals surface area contributed by atoms with E-state index in [9.17, 15) is 24.3 Å². The second kappa shape index (κ2) is 15.3. The Kier molecular flexibility index (Phi) is 10.8. The lowest BCUT2D eigenvalue weighted by molar-refractivity contribution is -0.145. The molecule has 1 aromatic heterocycles. The van der Waals surface area contributed by atoms with Crippen LogP contribution < -0.4 is 20.1 Å². The summed E-state index contributed by atoms with van der Waals surface area (Å²) >= 11 is 0. The second-order valence-electron chi connectivity index (χ2n) is 14.9. The first-order valence-corrected chi connectivity index (χ1v) is 18.1. The predicted octanol–water partition coefficient (Wildman–Crippen LogP) is 5.14. The van der Waals surface area contributed by atoms with Crippen LogP contribution in [0.2, 0.25) is 0 Å². The molecular weight excluding hydrogens is 680 g/mol. The molecule has 0 radical (unpaired) electrons. The minimum Gasteiger partial charge on any atom is -0.497 e. The van der Waals surface area contributed by atoms with Crippen molar-refractivity contribution in [2.24, 2.45) is 5.92 Å². The van der Waals surface area contributed by atoms with Crippen LogP contribution in [0.15, 0.2) is 60.7 Å².